The van der Waals surface area contributed by atoms with Crippen LogP contribution in [0.5, 0.6) is 5.75 Å². The molecule has 1 N–H and O–H groups in total. The van der Waals surface area contributed by atoms with Crippen LogP contribution in [0, 0.1) is 6.92 Å². The number of allylic oxidation sites excluding steroid dienone is 1. The number of carbonyl (C=O) groups is 1. The summed E-state index contributed by atoms with van der Waals surface area (Å²) in [6.45, 7) is 10.5. The molecule has 1 aliphatic heterocycles. The highest BCUT2D eigenvalue weighted by Gasteiger charge is 2.27. The molecule has 4 heterocycles. The van der Waals surface area contributed by atoms with Crippen LogP contribution in [0.2, 0.25) is 0 Å². The third-order valence-corrected chi connectivity index (χ3v) is 7.87. The van der Waals surface area contributed by atoms with Gasteiger partial charge in [0, 0.05) is 43.3 Å². The molecule has 11 heteroatoms. The summed E-state index contributed by atoms with van der Waals surface area (Å²) in [6.07, 6.45) is 0.520. The number of rotatable bonds is 8. The van der Waals surface area contributed by atoms with Crippen LogP contribution in [-0.2, 0) is 0 Å². The minimum Gasteiger partial charge on any atom is -0.492 e. The van der Waals surface area contributed by atoms with E-state index in [1.165, 1.54) is 29.7 Å². The van der Waals surface area contributed by atoms with Crippen LogP contribution in [0.3, 0.4) is 0 Å². The molecule has 43 heavy (non-hydrogen) atoms. The van der Waals surface area contributed by atoms with E-state index in [1.807, 2.05) is 52.0 Å². The van der Waals surface area contributed by atoms with Gasteiger partial charge in [-0.3, -0.25) is 19.1 Å². The van der Waals surface area contributed by atoms with Crippen LogP contribution < -0.4 is 15.6 Å². The maximum atomic E-state index is 14.5. The van der Waals surface area contributed by atoms with Gasteiger partial charge in [-0.2, -0.15) is 0 Å². The van der Waals surface area contributed by atoms with Crippen molar-refractivity contribution in [1.82, 2.24) is 24.8 Å². The monoisotopic (exact) mass is 605 g/mol. The maximum absolute atomic E-state index is 14.5. The van der Waals surface area contributed by atoms with Crippen LogP contribution in [0.15, 0.2) is 58.3 Å². The van der Waals surface area contributed by atoms with Gasteiger partial charge in [0.2, 0.25) is 0 Å². The van der Waals surface area contributed by atoms with Crippen molar-refractivity contribution >= 4 is 23.3 Å². The van der Waals surface area contributed by atoms with Crippen molar-refractivity contribution in [3.8, 4) is 33.3 Å². The van der Waals surface area contributed by atoms with E-state index in [0.717, 1.165) is 11.1 Å². The third-order valence-electron chi connectivity index (χ3n) is 6.99. The van der Waals surface area contributed by atoms with E-state index < -0.39 is 6.43 Å². The zero-order chi connectivity index (χ0) is 30.7. The number of halogens is 2. The molecule has 5 rings (SSSR count). The number of thiazole rings is 1. The highest BCUT2D eigenvalue weighted by molar-refractivity contribution is 7.13. The summed E-state index contributed by atoms with van der Waals surface area (Å²) in [5, 5.41) is 5.42. The fourth-order valence-corrected chi connectivity index (χ4v) is 5.78. The molecule has 1 aromatic carbocycles. The summed E-state index contributed by atoms with van der Waals surface area (Å²) in [5.74, 6) is 0.333. The molecule has 0 spiro atoms. The molecule has 0 unspecified atom stereocenters. The lowest BCUT2D eigenvalue weighted by molar-refractivity contribution is 0.0735. The minimum atomic E-state index is -2.67. The number of benzene rings is 1. The first kappa shape index (κ1) is 30.2. The second-order valence-electron chi connectivity index (χ2n) is 10.5. The summed E-state index contributed by atoms with van der Waals surface area (Å²) in [4.78, 5) is 38.9. The van der Waals surface area contributed by atoms with E-state index in [1.54, 1.807) is 20.9 Å². The van der Waals surface area contributed by atoms with Gasteiger partial charge in [0.1, 0.15) is 16.5 Å². The second-order valence-corrected chi connectivity index (χ2v) is 11.3. The molecular formula is C32H33F2N5O3S. The van der Waals surface area contributed by atoms with E-state index in [4.69, 9.17) is 9.72 Å². The number of aryl methyl sites for hydroxylation is 1. The summed E-state index contributed by atoms with van der Waals surface area (Å²) in [7, 11) is 0. The molecule has 4 aromatic rings. The number of nitrogens with zero attached hydrogens (tertiary/aromatic N) is 4. The van der Waals surface area contributed by atoms with E-state index in [9.17, 15) is 18.4 Å². The normalized spacial score (nSPS) is 13.3. The molecule has 0 saturated carbocycles. The Hall–Kier alpha value is -4.22. The Morgan fingerprint density at radius 2 is 1.93 bits per heavy atom. The Morgan fingerprint density at radius 3 is 2.58 bits per heavy atom. The molecule has 1 aliphatic rings. The Labute approximate surface area is 252 Å². The van der Waals surface area contributed by atoms with Crippen molar-refractivity contribution in [2.24, 2.45) is 0 Å². The quantitative estimate of drug-likeness (QED) is 0.260. The molecule has 0 atom stereocenters. The number of amides is 1. The highest BCUT2D eigenvalue weighted by atomic mass is 32.1. The van der Waals surface area contributed by atoms with Gasteiger partial charge in [-0.15, -0.1) is 11.3 Å². The number of hydrogen-bond donors (Lipinski definition) is 1. The zero-order valence-electron chi connectivity index (χ0n) is 24.5. The fraction of sp³-hybridized carbons (Fsp3) is 0.312. The standard InChI is InChI=1S/C32H33F2N5O3S/c1-5-42-28-9-6-20(4)15-27(28)39-26(14-19(2)3)22(31(40)38-12-10-35-11-13-38)16-23(32(39)41)30-37-25(18-43-30)21-7-8-24(29(33)34)36-17-21/h6-9,14-18,29,35H,5,10-13H2,1-4H3. The van der Waals surface area contributed by atoms with E-state index >= 15 is 0 Å². The number of hydrogen-bond acceptors (Lipinski definition) is 7. The summed E-state index contributed by atoms with van der Waals surface area (Å²) < 4.78 is 33.6. The number of ether oxygens (including phenoxy) is 1. The van der Waals surface area contributed by atoms with Crippen LogP contribution in [0.4, 0.5) is 8.78 Å². The first-order chi connectivity index (χ1) is 20.7. The largest absolute Gasteiger partial charge is 0.492 e. The Bertz CT molecular complexity index is 1720. The van der Waals surface area contributed by atoms with Gasteiger partial charge < -0.3 is 15.0 Å². The molecular weight excluding hydrogens is 572 g/mol. The van der Waals surface area contributed by atoms with Gasteiger partial charge in [-0.25, -0.2) is 13.8 Å². The van der Waals surface area contributed by atoms with E-state index in [2.05, 4.69) is 10.3 Å². The lowest BCUT2D eigenvalue weighted by Crippen LogP contribution is -2.47. The second kappa shape index (κ2) is 13.0. The lowest BCUT2D eigenvalue weighted by Gasteiger charge is -2.29. The Morgan fingerprint density at radius 1 is 1.16 bits per heavy atom. The molecule has 0 bridgehead atoms. The number of nitrogens with one attached hydrogen (secondary N) is 1. The van der Waals surface area contributed by atoms with Crippen LogP contribution in [-0.4, -0.2) is 58.1 Å². The van der Waals surface area contributed by atoms with Crippen molar-refractivity contribution in [3.63, 3.8) is 0 Å². The van der Waals surface area contributed by atoms with Crippen LogP contribution in [0.25, 0.3) is 33.6 Å². The highest BCUT2D eigenvalue weighted by Crippen LogP contribution is 2.32. The van der Waals surface area contributed by atoms with Crippen molar-refractivity contribution in [2.75, 3.05) is 32.8 Å². The third kappa shape index (κ3) is 6.42. The smallest absolute Gasteiger partial charge is 0.280 e. The molecule has 1 amide bonds. The molecule has 0 radical (unpaired) electrons. The molecule has 3 aromatic heterocycles. The molecule has 1 fully saturated rings. The number of alkyl halides is 2. The van der Waals surface area contributed by atoms with Gasteiger partial charge in [-0.05, 0) is 69.7 Å². The average molecular weight is 606 g/mol. The molecule has 1 saturated heterocycles. The SMILES string of the molecule is CCOc1ccc(C)cc1-n1c(C=C(C)C)c(C(=O)N2CCNCC2)cc(-c2nc(-c3ccc(C(F)F)nc3)cs2)c1=O. The lowest BCUT2D eigenvalue weighted by atomic mass is 10.0. The number of piperazine rings is 1. The molecule has 0 aliphatic carbocycles. The predicted octanol–water partition coefficient (Wildman–Crippen LogP) is 6.14. The van der Waals surface area contributed by atoms with Gasteiger partial charge >= 0.3 is 0 Å². The molecule has 8 nitrogen and oxygen atoms in total. The van der Waals surface area contributed by atoms with Crippen LogP contribution in [0.1, 0.15) is 54.5 Å². The fourth-order valence-electron chi connectivity index (χ4n) is 4.94. The first-order valence-corrected chi connectivity index (χ1v) is 14.9. The van der Waals surface area contributed by atoms with Crippen molar-refractivity contribution in [1.29, 1.82) is 0 Å². The van der Waals surface area contributed by atoms with Gasteiger partial charge in [0.05, 0.1) is 34.8 Å². The topological polar surface area (TPSA) is 89.3 Å². The summed E-state index contributed by atoms with van der Waals surface area (Å²) in [5.41, 5.74) is 3.81. The maximum Gasteiger partial charge on any atom is 0.280 e. The van der Waals surface area contributed by atoms with Gasteiger partial charge in [0.15, 0.2) is 0 Å². The minimum absolute atomic E-state index is 0.182. The van der Waals surface area contributed by atoms with Crippen molar-refractivity contribution in [3.05, 3.63) is 86.4 Å². The van der Waals surface area contributed by atoms with Crippen molar-refractivity contribution in [2.45, 2.75) is 34.1 Å². The molecule has 224 valence electrons. The zero-order valence-corrected chi connectivity index (χ0v) is 25.3. The van der Waals surface area contributed by atoms with Crippen LogP contribution >= 0.6 is 11.3 Å². The summed E-state index contributed by atoms with van der Waals surface area (Å²) >= 11 is 1.24. The Kier molecular flexibility index (Phi) is 9.12. The number of pyridine rings is 2. The average Bonchev–Trinajstić information content (AvgIpc) is 3.48. The predicted molar refractivity (Wildman–Crippen MR) is 165 cm³/mol. The van der Waals surface area contributed by atoms with Gasteiger partial charge in [0.25, 0.3) is 17.9 Å². The number of carbonyl (C=O) groups excluding carboxylic acids is 1. The first-order valence-electron chi connectivity index (χ1n) is 14.1. The van der Waals surface area contributed by atoms with Gasteiger partial charge in [-0.1, -0.05) is 11.6 Å². The van der Waals surface area contributed by atoms with E-state index in [0.29, 0.717) is 71.7 Å². The van der Waals surface area contributed by atoms with Crippen molar-refractivity contribution < 1.29 is 18.3 Å². The Balaban J connectivity index is 1.76. The number of aromatic nitrogens is 3. The summed E-state index contributed by atoms with van der Waals surface area (Å²) in [6, 6.07) is 10.0. The van der Waals surface area contributed by atoms with E-state index in [-0.39, 0.29) is 22.7 Å².